The maximum atomic E-state index is 11.4. The summed E-state index contributed by atoms with van der Waals surface area (Å²) >= 11 is 0. The largest absolute Gasteiger partial charge is 0.489 e. The molecule has 0 saturated carbocycles. The van der Waals surface area contributed by atoms with Gasteiger partial charge in [0.2, 0.25) is 0 Å². The Morgan fingerprint density at radius 3 is 2.52 bits per heavy atom. The van der Waals surface area contributed by atoms with Crippen molar-refractivity contribution in [1.29, 1.82) is 0 Å². The number of nitrogens with one attached hydrogen (secondary N) is 1. The predicted octanol–water partition coefficient (Wildman–Crippen LogP) is 5.61. The summed E-state index contributed by atoms with van der Waals surface area (Å²) in [4.78, 5) is 19.6. The topological polar surface area (TPSA) is 75.2 Å². The summed E-state index contributed by atoms with van der Waals surface area (Å²) in [5.41, 5.74) is 7.98. The molecule has 0 unspecified atom stereocenters. The van der Waals surface area contributed by atoms with Crippen LogP contribution in [0.2, 0.25) is 0 Å². The Labute approximate surface area is 181 Å². The zero-order chi connectivity index (χ0) is 22.0. The minimum Gasteiger partial charge on any atom is -0.489 e. The van der Waals surface area contributed by atoms with Gasteiger partial charge in [-0.1, -0.05) is 43.3 Å². The van der Waals surface area contributed by atoms with Crippen LogP contribution in [0.15, 0.2) is 54.6 Å². The summed E-state index contributed by atoms with van der Waals surface area (Å²) in [5, 5.41) is 9.31. The smallest absolute Gasteiger partial charge is 0.336 e. The predicted molar refractivity (Wildman–Crippen MR) is 122 cm³/mol. The van der Waals surface area contributed by atoms with Crippen LogP contribution >= 0.6 is 0 Å². The van der Waals surface area contributed by atoms with Gasteiger partial charge in [-0.05, 0) is 60.7 Å². The number of benzene rings is 3. The number of rotatable bonds is 7. The number of carbonyl (C=O) groups is 1. The molecular weight excluding hydrogens is 388 g/mol. The molecule has 3 aromatic carbocycles. The van der Waals surface area contributed by atoms with Crippen LogP contribution in [0, 0.1) is 13.8 Å². The van der Waals surface area contributed by atoms with Gasteiger partial charge in [-0.15, -0.1) is 0 Å². The van der Waals surface area contributed by atoms with Crippen molar-refractivity contribution in [2.75, 3.05) is 0 Å². The second-order valence-corrected chi connectivity index (χ2v) is 7.82. The van der Waals surface area contributed by atoms with Gasteiger partial charge in [0.15, 0.2) is 0 Å². The molecular formula is C26H26N2O3. The van der Waals surface area contributed by atoms with Gasteiger partial charge in [0.25, 0.3) is 0 Å². The molecule has 1 heterocycles. The number of aromatic carboxylic acids is 1. The fourth-order valence-electron chi connectivity index (χ4n) is 3.92. The molecule has 0 aliphatic carbocycles. The molecule has 0 amide bonds. The van der Waals surface area contributed by atoms with E-state index in [0.717, 1.165) is 29.7 Å². The van der Waals surface area contributed by atoms with E-state index < -0.39 is 5.97 Å². The molecule has 0 saturated heterocycles. The number of aryl methyl sites for hydroxylation is 3. The first kappa shape index (κ1) is 20.7. The van der Waals surface area contributed by atoms with Gasteiger partial charge in [-0.2, -0.15) is 0 Å². The Morgan fingerprint density at radius 1 is 1.06 bits per heavy atom. The van der Waals surface area contributed by atoms with E-state index in [1.54, 1.807) is 18.2 Å². The average molecular weight is 415 g/mol. The molecule has 4 rings (SSSR count). The Hall–Kier alpha value is -3.60. The van der Waals surface area contributed by atoms with Crippen LogP contribution in [0.5, 0.6) is 5.75 Å². The van der Waals surface area contributed by atoms with Crippen molar-refractivity contribution >= 4 is 17.0 Å². The number of hydrogen-bond acceptors (Lipinski definition) is 3. The van der Waals surface area contributed by atoms with Gasteiger partial charge >= 0.3 is 5.97 Å². The first-order chi connectivity index (χ1) is 15.0. The molecule has 0 atom stereocenters. The summed E-state index contributed by atoms with van der Waals surface area (Å²) < 4.78 is 5.84. The summed E-state index contributed by atoms with van der Waals surface area (Å²) in [6.07, 6.45) is 1.68. The van der Waals surface area contributed by atoms with Crippen LogP contribution in [0.4, 0.5) is 0 Å². The molecule has 1 aromatic heterocycles. The molecule has 31 heavy (non-hydrogen) atoms. The molecule has 0 aliphatic heterocycles. The van der Waals surface area contributed by atoms with Crippen molar-refractivity contribution in [1.82, 2.24) is 9.97 Å². The first-order valence-corrected chi connectivity index (χ1v) is 10.5. The van der Waals surface area contributed by atoms with Crippen LogP contribution in [0.1, 0.15) is 50.9 Å². The Balaban J connectivity index is 1.52. The number of hydrogen-bond donors (Lipinski definition) is 2. The Kier molecular flexibility index (Phi) is 5.76. The molecule has 0 bridgehead atoms. The monoisotopic (exact) mass is 414 g/mol. The maximum absolute atomic E-state index is 11.4. The molecule has 0 spiro atoms. The van der Waals surface area contributed by atoms with Crippen molar-refractivity contribution in [2.24, 2.45) is 0 Å². The second-order valence-electron chi connectivity index (χ2n) is 7.82. The number of ether oxygens (including phenoxy) is 1. The van der Waals surface area contributed by atoms with Gasteiger partial charge in [0, 0.05) is 12.0 Å². The normalized spacial score (nSPS) is 11.1. The number of aromatic nitrogens is 2. The van der Waals surface area contributed by atoms with Gasteiger partial charge in [-0.25, -0.2) is 9.78 Å². The highest BCUT2D eigenvalue weighted by atomic mass is 16.5. The first-order valence-electron chi connectivity index (χ1n) is 10.5. The summed E-state index contributed by atoms with van der Waals surface area (Å²) in [6.45, 7) is 6.57. The van der Waals surface area contributed by atoms with E-state index in [-0.39, 0.29) is 12.2 Å². The number of H-pyrrole nitrogens is 1. The van der Waals surface area contributed by atoms with Crippen LogP contribution < -0.4 is 4.74 Å². The van der Waals surface area contributed by atoms with Crippen molar-refractivity contribution in [3.63, 3.8) is 0 Å². The van der Waals surface area contributed by atoms with E-state index in [2.05, 4.69) is 44.0 Å². The third-order valence-electron chi connectivity index (χ3n) is 5.62. The van der Waals surface area contributed by atoms with Crippen LogP contribution in [-0.2, 0) is 19.4 Å². The third kappa shape index (κ3) is 4.31. The molecule has 0 fully saturated rings. The lowest BCUT2D eigenvalue weighted by Crippen LogP contribution is -2.05. The molecule has 4 aromatic rings. The van der Waals surface area contributed by atoms with E-state index in [9.17, 15) is 9.90 Å². The molecule has 0 aliphatic rings. The van der Waals surface area contributed by atoms with Crippen LogP contribution in [0.25, 0.3) is 11.0 Å². The van der Waals surface area contributed by atoms with Crippen molar-refractivity contribution in [3.05, 3.63) is 93.8 Å². The van der Waals surface area contributed by atoms with Crippen molar-refractivity contribution in [2.45, 2.75) is 40.2 Å². The maximum Gasteiger partial charge on any atom is 0.336 e. The molecule has 2 N–H and O–H groups in total. The van der Waals surface area contributed by atoms with Gasteiger partial charge in [0.05, 0.1) is 16.6 Å². The molecule has 158 valence electrons. The highest BCUT2D eigenvalue weighted by Gasteiger charge is 2.13. The number of nitrogens with zero attached hydrogens (tertiary/aromatic N) is 1. The van der Waals surface area contributed by atoms with Gasteiger partial charge < -0.3 is 14.8 Å². The zero-order valence-corrected chi connectivity index (χ0v) is 18.0. The Bertz CT molecular complexity index is 1240. The summed E-state index contributed by atoms with van der Waals surface area (Å²) in [6, 6.07) is 17.1. The minimum absolute atomic E-state index is 0.216. The van der Waals surface area contributed by atoms with E-state index in [4.69, 9.17) is 9.72 Å². The fourth-order valence-corrected chi connectivity index (χ4v) is 3.92. The van der Waals surface area contributed by atoms with E-state index in [1.165, 1.54) is 22.3 Å². The van der Waals surface area contributed by atoms with E-state index in [1.807, 2.05) is 18.2 Å². The molecule has 0 radical (unpaired) electrons. The van der Waals surface area contributed by atoms with Crippen molar-refractivity contribution in [3.8, 4) is 5.75 Å². The Morgan fingerprint density at radius 2 is 1.81 bits per heavy atom. The number of aromatic amines is 1. The number of fused-ring (bicyclic) bond motifs is 1. The number of imidazole rings is 1. The van der Waals surface area contributed by atoms with E-state index in [0.29, 0.717) is 11.3 Å². The lowest BCUT2D eigenvalue weighted by molar-refractivity contribution is 0.0694. The third-order valence-corrected chi connectivity index (χ3v) is 5.62. The summed E-state index contributed by atoms with van der Waals surface area (Å²) in [7, 11) is 0. The summed E-state index contributed by atoms with van der Waals surface area (Å²) in [5.74, 6) is 0.777. The van der Waals surface area contributed by atoms with E-state index >= 15 is 0 Å². The molecule has 5 nitrogen and oxygen atoms in total. The zero-order valence-electron chi connectivity index (χ0n) is 18.0. The highest BCUT2D eigenvalue weighted by molar-refractivity contribution is 5.89. The SMILES string of the molecule is CCc1nc2c(C)cc(C)c(Cc3ccc(OCc4ccccc4C(=O)O)cc3)c2[nH]1. The number of carboxylic acid groups (broad SMARTS) is 1. The highest BCUT2D eigenvalue weighted by Crippen LogP contribution is 2.27. The van der Waals surface area contributed by atoms with Crippen molar-refractivity contribution < 1.29 is 14.6 Å². The lowest BCUT2D eigenvalue weighted by atomic mass is 9.97. The minimum atomic E-state index is -0.945. The van der Waals surface area contributed by atoms with Gasteiger partial charge in [-0.3, -0.25) is 0 Å². The van der Waals surface area contributed by atoms with Crippen LogP contribution in [0.3, 0.4) is 0 Å². The number of carboxylic acids is 1. The fraction of sp³-hybridized carbons (Fsp3) is 0.231. The quantitative estimate of drug-likeness (QED) is 0.412. The average Bonchev–Trinajstić information content (AvgIpc) is 3.21. The van der Waals surface area contributed by atoms with Crippen LogP contribution in [-0.4, -0.2) is 21.0 Å². The second kappa shape index (κ2) is 8.64. The standard InChI is InChI=1S/C26H26N2O3/c1-4-23-27-24-17(3)13-16(2)22(25(24)28-23)14-18-9-11-20(12-10-18)31-15-19-7-5-6-8-21(19)26(29)30/h5-13H,4,14-15H2,1-3H3,(H,27,28)(H,29,30). The van der Waals surface area contributed by atoms with Gasteiger partial charge in [0.1, 0.15) is 18.2 Å². The lowest BCUT2D eigenvalue weighted by Gasteiger charge is -2.11. The molecule has 5 heteroatoms.